The van der Waals surface area contributed by atoms with E-state index in [-0.39, 0.29) is 5.54 Å². The maximum absolute atomic E-state index is 6.03. The quantitative estimate of drug-likeness (QED) is 0.873. The van der Waals surface area contributed by atoms with Crippen molar-refractivity contribution in [3.8, 4) is 0 Å². The summed E-state index contributed by atoms with van der Waals surface area (Å²) < 4.78 is 0. The molecule has 2 rings (SSSR count). The fraction of sp³-hybridized carbons (Fsp3) is 0.600. The summed E-state index contributed by atoms with van der Waals surface area (Å²) in [7, 11) is 0. The lowest BCUT2D eigenvalue weighted by molar-refractivity contribution is 0.516. The highest BCUT2D eigenvalue weighted by Crippen LogP contribution is 2.34. The number of thioether (sulfide) groups is 1. The van der Waals surface area contributed by atoms with Crippen LogP contribution in [0.3, 0.4) is 0 Å². The Balaban J connectivity index is 1.93. The highest BCUT2D eigenvalue weighted by molar-refractivity contribution is 8.00. The highest BCUT2D eigenvalue weighted by Gasteiger charge is 2.16. The molecule has 0 atom stereocenters. The zero-order valence-electron chi connectivity index (χ0n) is 10.9. The Morgan fingerprint density at radius 2 is 1.76 bits per heavy atom. The average Bonchev–Trinajstić information content (AvgIpc) is 2.71. The van der Waals surface area contributed by atoms with Crippen LogP contribution in [0.2, 0.25) is 0 Å². The molecular weight excluding hydrogens is 226 g/mol. The first-order valence-corrected chi connectivity index (χ1v) is 7.45. The van der Waals surface area contributed by atoms with E-state index in [0.717, 1.165) is 11.7 Å². The van der Waals surface area contributed by atoms with E-state index in [1.807, 2.05) is 11.8 Å². The normalized spacial score (nSPS) is 17.6. The molecule has 0 radical (unpaired) electrons. The molecule has 1 aliphatic rings. The Morgan fingerprint density at radius 3 is 2.29 bits per heavy atom. The topological polar surface area (TPSA) is 26.0 Å². The lowest BCUT2D eigenvalue weighted by Gasteiger charge is -2.18. The maximum atomic E-state index is 6.03. The minimum Gasteiger partial charge on any atom is -0.325 e. The van der Waals surface area contributed by atoms with Crippen LogP contribution in [0.15, 0.2) is 29.2 Å². The molecular formula is C15H23NS. The van der Waals surface area contributed by atoms with Gasteiger partial charge in [0.25, 0.3) is 0 Å². The van der Waals surface area contributed by atoms with Crippen molar-refractivity contribution in [2.24, 2.45) is 5.73 Å². The van der Waals surface area contributed by atoms with Gasteiger partial charge >= 0.3 is 0 Å². The fourth-order valence-corrected chi connectivity index (χ4v) is 3.66. The second kappa shape index (κ2) is 5.45. The fourth-order valence-electron chi connectivity index (χ4n) is 2.41. The molecule has 17 heavy (non-hydrogen) atoms. The second-order valence-electron chi connectivity index (χ2n) is 5.83. The Morgan fingerprint density at radius 1 is 1.18 bits per heavy atom. The molecule has 0 spiro atoms. The van der Waals surface area contributed by atoms with Crippen LogP contribution in [-0.2, 0) is 6.42 Å². The monoisotopic (exact) mass is 249 g/mol. The largest absolute Gasteiger partial charge is 0.325 e. The smallest absolute Gasteiger partial charge is 0.0138 e. The average molecular weight is 249 g/mol. The van der Waals surface area contributed by atoms with E-state index < -0.39 is 0 Å². The molecule has 1 fully saturated rings. The van der Waals surface area contributed by atoms with Crippen LogP contribution in [0.4, 0.5) is 0 Å². The molecule has 1 nitrogen and oxygen atoms in total. The summed E-state index contributed by atoms with van der Waals surface area (Å²) in [6.07, 6.45) is 6.56. The Bertz CT molecular complexity index is 344. The van der Waals surface area contributed by atoms with Gasteiger partial charge in [-0.3, -0.25) is 0 Å². The summed E-state index contributed by atoms with van der Waals surface area (Å²) in [4.78, 5) is 1.41. The summed E-state index contributed by atoms with van der Waals surface area (Å²) in [5.41, 5.74) is 7.26. The molecule has 1 aromatic carbocycles. The minimum atomic E-state index is -0.111. The first-order chi connectivity index (χ1) is 8.03. The molecule has 2 N–H and O–H groups in total. The third-order valence-corrected chi connectivity index (χ3v) is 4.54. The Hall–Kier alpha value is -0.470. The Kier molecular flexibility index (Phi) is 4.16. The minimum absolute atomic E-state index is 0.111. The second-order valence-corrected chi connectivity index (χ2v) is 7.21. The Labute approximate surface area is 109 Å². The third kappa shape index (κ3) is 4.36. The predicted octanol–water partition coefficient (Wildman–Crippen LogP) is 4.00. The number of hydrogen-bond acceptors (Lipinski definition) is 2. The van der Waals surface area contributed by atoms with E-state index in [9.17, 15) is 0 Å². The van der Waals surface area contributed by atoms with Crippen LogP contribution >= 0.6 is 11.8 Å². The summed E-state index contributed by atoms with van der Waals surface area (Å²) >= 11 is 2.05. The van der Waals surface area contributed by atoms with Gasteiger partial charge in [0.2, 0.25) is 0 Å². The van der Waals surface area contributed by atoms with Crippen LogP contribution in [-0.4, -0.2) is 10.8 Å². The van der Waals surface area contributed by atoms with Gasteiger partial charge in [0.1, 0.15) is 0 Å². The van der Waals surface area contributed by atoms with E-state index in [0.29, 0.717) is 0 Å². The van der Waals surface area contributed by atoms with Crippen molar-refractivity contribution in [1.82, 2.24) is 0 Å². The van der Waals surface area contributed by atoms with Gasteiger partial charge in [-0.15, -0.1) is 11.8 Å². The summed E-state index contributed by atoms with van der Waals surface area (Å²) in [5, 5.41) is 0.854. The first kappa shape index (κ1) is 13.0. The van der Waals surface area contributed by atoms with Crippen LogP contribution < -0.4 is 5.73 Å². The molecule has 0 unspecified atom stereocenters. The number of rotatable bonds is 4. The van der Waals surface area contributed by atoms with E-state index >= 15 is 0 Å². The van der Waals surface area contributed by atoms with Crippen molar-refractivity contribution >= 4 is 11.8 Å². The molecule has 1 aromatic rings. The van der Waals surface area contributed by atoms with Crippen molar-refractivity contribution in [2.75, 3.05) is 0 Å². The van der Waals surface area contributed by atoms with E-state index in [1.54, 1.807) is 0 Å². The van der Waals surface area contributed by atoms with Crippen LogP contribution in [0.25, 0.3) is 0 Å². The van der Waals surface area contributed by atoms with Gasteiger partial charge in [0.15, 0.2) is 0 Å². The number of hydrogen-bond donors (Lipinski definition) is 1. The molecule has 1 aliphatic carbocycles. The molecule has 94 valence electrons. The molecule has 0 saturated heterocycles. The van der Waals surface area contributed by atoms with Crippen molar-refractivity contribution < 1.29 is 0 Å². The van der Waals surface area contributed by atoms with Crippen LogP contribution in [0.5, 0.6) is 0 Å². The number of nitrogens with two attached hydrogens (primary N) is 1. The van der Waals surface area contributed by atoms with E-state index in [1.165, 1.54) is 36.1 Å². The predicted molar refractivity (Wildman–Crippen MR) is 76.5 cm³/mol. The van der Waals surface area contributed by atoms with Gasteiger partial charge in [-0.2, -0.15) is 0 Å². The van der Waals surface area contributed by atoms with Crippen molar-refractivity contribution in [3.63, 3.8) is 0 Å². The van der Waals surface area contributed by atoms with Gasteiger partial charge in [0, 0.05) is 15.7 Å². The van der Waals surface area contributed by atoms with Gasteiger partial charge in [0.05, 0.1) is 0 Å². The molecule has 0 amide bonds. The molecule has 0 aliphatic heterocycles. The summed E-state index contributed by atoms with van der Waals surface area (Å²) in [5.74, 6) is 0. The first-order valence-electron chi connectivity index (χ1n) is 6.57. The molecule has 0 aromatic heterocycles. The van der Waals surface area contributed by atoms with Crippen LogP contribution in [0.1, 0.15) is 45.1 Å². The molecule has 2 heteroatoms. The summed E-state index contributed by atoms with van der Waals surface area (Å²) in [6.45, 7) is 4.16. The van der Waals surface area contributed by atoms with Gasteiger partial charge < -0.3 is 5.73 Å². The zero-order chi connectivity index (χ0) is 12.3. The SMILES string of the molecule is CC(C)(N)Cc1ccc(SC2CCCC2)cc1. The highest BCUT2D eigenvalue weighted by atomic mass is 32.2. The maximum Gasteiger partial charge on any atom is 0.0138 e. The van der Waals surface area contributed by atoms with Gasteiger partial charge in [-0.25, -0.2) is 0 Å². The lowest BCUT2D eigenvalue weighted by atomic mass is 9.96. The van der Waals surface area contributed by atoms with Crippen molar-refractivity contribution in [3.05, 3.63) is 29.8 Å². The van der Waals surface area contributed by atoms with Gasteiger partial charge in [-0.05, 0) is 50.8 Å². The third-order valence-electron chi connectivity index (χ3n) is 3.19. The van der Waals surface area contributed by atoms with Crippen molar-refractivity contribution in [1.29, 1.82) is 0 Å². The summed E-state index contributed by atoms with van der Waals surface area (Å²) in [6, 6.07) is 8.96. The molecule has 0 bridgehead atoms. The van der Waals surface area contributed by atoms with E-state index in [2.05, 4.69) is 38.1 Å². The van der Waals surface area contributed by atoms with Crippen molar-refractivity contribution in [2.45, 2.75) is 61.6 Å². The van der Waals surface area contributed by atoms with E-state index in [4.69, 9.17) is 5.73 Å². The van der Waals surface area contributed by atoms with Crippen LogP contribution in [0, 0.1) is 0 Å². The molecule has 0 heterocycles. The van der Waals surface area contributed by atoms with Gasteiger partial charge in [-0.1, -0.05) is 25.0 Å². The molecule has 1 saturated carbocycles. The lowest BCUT2D eigenvalue weighted by Crippen LogP contribution is -2.34. The standard InChI is InChI=1S/C15H23NS/c1-15(2,16)11-12-7-9-14(10-8-12)17-13-5-3-4-6-13/h7-10,13H,3-6,11,16H2,1-2H3. The number of benzene rings is 1. The zero-order valence-corrected chi connectivity index (χ0v) is 11.7.